The highest BCUT2D eigenvalue weighted by atomic mass is 16.5. The molecule has 3 atom stereocenters. The molecule has 5 aliphatic carbocycles. The van der Waals surface area contributed by atoms with E-state index in [-0.39, 0.29) is 35.7 Å². The molecule has 1 saturated heterocycles. The molecule has 2 amide bonds. The quantitative estimate of drug-likeness (QED) is 0.748. The number of ether oxygens (including phenoxy) is 1. The van der Waals surface area contributed by atoms with Crippen molar-refractivity contribution in [3.63, 3.8) is 0 Å². The average Bonchev–Trinajstić information content (AvgIpc) is 2.62. The van der Waals surface area contributed by atoms with Gasteiger partial charge in [0.15, 0.2) is 0 Å². The minimum atomic E-state index is -0.634. The maximum atomic E-state index is 13.0. The van der Waals surface area contributed by atoms with Crippen LogP contribution in [0.2, 0.25) is 0 Å². The summed E-state index contributed by atoms with van der Waals surface area (Å²) in [5, 5.41) is 0. The number of rotatable bonds is 4. The largest absolute Gasteiger partial charge is 0.461 e. The Hall–Kier alpha value is -1.59. The van der Waals surface area contributed by atoms with Crippen LogP contribution in [-0.4, -0.2) is 41.9 Å². The van der Waals surface area contributed by atoms with Crippen LogP contribution in [0.4, 0.5) is 0 Å². The number of hydrogen-bond donors (Lipinski definition) is 1. The molecule has 28 heavy (non-hydrogen) atoms. The van der Waals surface area contributed by atoms with E-state index in [2.05, 4.69) is 0 Å². The number of nitrogens with zero attached hydrogens (tertiary/aromatic N) is 1. The van der Waals surface area contributed by atoms with Crippen LogP contribution in [0.3, 0.4) is 0 Å². The first-order valence-electron chi connectivity index (χ1n) is 11.3. The van der Waals surface area contributed by atoms with E-state index in [1.807, 2.05) is 4.90 Å². The van der Waals surface area contributed by atoms with Crippen molar-refractivity contribution in [2.75, 3.05) is 13.1 Å². The molecule has 154 valence electrons. The first kappa shape index (κ1) is 18.4. The number of carbonyl (C=O) groups excluding carboxylic acids is 3. The van der Waals surface area contributed by atoms with E-state index in [4.69, 9.17) is 10.5 Å². The van der Waals surface area contributed by atoms with Crippen LogP contribution in [0.1, 0.15) is 64.2 Å². The molecule has 3 unspecified atom stereocenters. The summed E-state index contributed by atoms with van der Waals surface area (Å²) in [5.74, 6) is 1.31. The van der Waals surface area contributed by atoms with Crippen LogP contribution < -0.4 is 5.73 Å². The van der Waals surface area contributed by atoms with Crippen molar-refractivity contribution >= 4 is 17.8 Å². The van der Waals surface area contributed by atoms with Gasteiger partial charge in [-0.15, -0.1) is 0 Å². The van der Waals surface area contributed by atoms with Crippen LogP contribution in [0.25, 0.3) is 0 Å². The lowest BCUT2D eigenvalue weighted by Crippen LogP contribution is -2.62. The Morgan fingerprint density at radius 1 is 0.893 bits per heavy atom. The van der Waals surface area contributed by atoms with Crippen LogP contribution in [0, 0.1) is 35.0 Å². The van der Waals surface area contributed by atoms with E-state index in [1.165, 1.54) is 6.42 Å². The Bertz CT molecular complexity index is 666. The van der Waals surface area contributed by atoms with Crippen LogP contribution >= 0.6 is 0 Å². The monoisotopic (exact) mass is 388 g/mol. The molecular formula is C22H32N2O4. The molecule has 6 rings (SSSR count). The molecule has 2 N–H and O–H groups in total. The Morgan fingerprint density at radius 3 is 2.07 bits per heavy atom. The number of esters is 1. The van der Waals surface area contributed by atoms with Gasteiger partial charge < -0.3 is 15.4 Å². The predicted octanol–water partition coefficient (Wildman–Crippen LogP) is 2.25. The van der Waals surface area contributed by atoms with Crippen molar-refractivity contribution in [3.05, 3.63) is 0 Å². The summed E-state index contributed by atoms with van der Waals surface area (Å²) < 4.78 is 6.06. The van der Waals surface area contributed by atoms with Crippen LogP contribution in [-0.2, 0) is 19.1 Å². The number of likely N-dealkylation sites (tertiary alicyclic amines) is 1. The summed E-state index contributed by atoms with van der Waals surface area (Å²) in [7, 11) is 0. The van der Waals surface area contributed by atoms with Crippen molar-refractivity contribution in [3.8, 4) is 0 Å². The number of hydrogen-bond acceptors (Lipinski definition) is 4. The van der Waals surface area contributed by atoms with Gasteiger partial charge in [0.1, 0.15) is 6.10 Å². The number of nitrogens with two attached hydrogens (primary N) is 1. The number of primary amides is 1. The predicted molar refractivity (Wildman–Crippen MR) is 102 cm³/mol. The lowest BCUT2D eigenvalue weighted by Gasteiger charge is -2.58. The molecule has 0 aromatic heterocycles. The summed E-state index contributed by atoms with van der Waals surface area (Å²) in [4.78, 5) is 39.7. The SMILES string of the molecule is NC(=O)C12CC3CC(CC(C3)C1OC(=O)C1CCN(C(=O)C3CCC3)CC1)C2. The second-order valence-corrected chi connectivity index (χ2v) is 10.2. The van der Waals surface area contributed by atoms with Crippen molar-refractivity contribution in [1.82, 2.24) is 4.90 Å². The van der Waals surface area contributed by atoms with E-state index >= 15 is 0 Å². The Labute approximate surface area is 166 Å². The fourth-order valence-corrected chi connectivity index (χ4v) is 7.01. The van der Waals surface area contributed by atoms with Gasteiger partial charge in [0.2, 0.25) is 11.8 Å². The lowest BCUT2D eigenvalue weighted by atomic mass is 9.48. The van der Waals surface area contributed by atoms with E-state index in [0.717, 1.165) is 44.9 Å². The molecule has 0 aromatic carbocycles. The number of piperidine rings is 1. The Kier molecular flexibility index (Phi) is 4.44. The van der Waals surface area contributed by atoms with Gasteiger partial charge in [-0.25, -0.2) is 0 Å². The van der Waals surface area contributed by atoms with E-state index in [1.54, 1.807) is 0 Å². The van der Waals surface area contributed by atoms with Gasteiger partial charge in [-0.3, -0.25) is 14.4 Å². The second kappa shape index (κ2) is 6.74. The Balaban J connectivity index is 1.22. The fraction of sp³-hybridized carbons (Fsp3) is 0.864. The molecule has 5 saturated carbocycles. The standard InChI is InChI=1S/C22H32N2O4/c23-21(27)22-11-13-8-14(12-22)10-17(9-13)18(22)28-20(26)16-4-6-24(7-5-16)19(25)15-2-1-3-15/h13-18H,1-12H2,(H2,23,27). The molecular weight excluding hydrogens is 356 g/mol. The topological polar surface area (TPSA) is 89.7 Å². The molecule has 6 heteroatoms. The normalized spacial score (nSPS) is 40.2. The van der Waals surface area contributed by atoms with Gasteiger partial charge >= 0.3 is 5.97 Å². The van der Waals surface area contributed by atoms with E-state index < -0.39 is 5.41 Å². The summed E-state index contributed by atoms with van der Waals surface area (Å²) in [6.07, 6.45) is 9.12. The molecule has 6 fully saturated rings. The molecule has 1 aliphatic heterocycles. The van der Waals surface area contributed by atoms with Crippen molar-refractivity contribution in [2.45, 2.75) is 70.3 Å². The zero-order valence-electron chi connectivity index (χ0n) is 16.6. The van der Waals surface area contributed by atoms with E-state index in [0.29, 0.717) is 43.7 Å². The van der Waals surface area contributed by atoms with Gasteiger partial charge in [0, 0.05) is 19.0 Å². The van der Waals surface area contributed by atoms with Gasteiger partial charge in [-0.05, 0) is 75.5 Å². The van der Waals surface area contributed by atoms with Gasteiger partial charge in [-0.1, -0.05) is 6.42 Å². The molecule has 6 nitrogen and oxygen atoms in total. The highest BCUT2D eigenvalue weighted by molar-refractivity contribution is 5.83. The average molecular weight is 389 g/mol. The number of amides is 2. The third kappa shape index (κ3) is 2.86. The van der Waals surface area contributed by atoms with E-state index in [9.17, 15) is 14.4 Å². The molecule has 6 aliphatic rings. The van der Waals surface area contributed by atoms with Crippen LogP contribution in [0.15, 0.2) is 0 Å². The fourth-order valence-electron chi connectivity index (χ4n) is 7.01. The molecule has 0 aromatic rings. The van der Waals surface area contributed by atoms with Crippen molar-refractivity contribution in [2.24, 2.45) is 40.7 Å². The van der Waals surface area contributed by atoms with Crippen LogP contribution in [0.5, 0.6) is 0 Å². The first-order chi connectivity index (χ1) is 13.5. The van der Waals surface area contributed by atoms with Gasteiger partial charge in [-0.2, -0.15) is 0 Å². The zero-order chi connectivity index (χ0) is 19.5. The minimum absolute atomic E-state index is 0.160. The minimum Gasteiger partial charge on any atom is -0.461 e. The van der Waals surface area contributed by atoms with Crippen molar-refractivity contribution < 1.29 is 19.1 Å². The number of carbonyl (C=O) groups is 3. The third-order valence-corrected chi connectivity index (χ3v) is 8.55. The highest BCUT2D eigenvalue weighted by Crippen LogP contribution is 2.61. The summed E-state index contributed by atoms with van der Waals surface area (Å²) >= 11 is 0. The molecule has 0 spiro atoms. The molecule has 0 radical (unpaired) electrons. The van der Waals surface area contributed by atoms with Gasteiger partial charge in [0.25, 0.3) is 0 Å². The third-order valence-electron chi connectivity index (χ3n) is 8.55. The summed E-state index contributed by atoms with van der Waals surface area (Å²) in [6, 6.07) is 0. The first-order valence-corrected chi connectivity index (χ1v) is 11.3. The smallest absolute Gasteiger partial charge is 0.309 e. The highest BCUT2D eigenvalue weighted by Gasteiger charge is 2.62. The second-order valence-electron chi connectivity index (χ2n) is 10.2. The molecule has 4 bridgehead atoms. The summed E-state index contributed by atoms with van der Waals surface area (Å²) in [6.45, 7) is 1.29. The van der Waals surface area contributed by atoms with Crippen molar-refractivity contribution in [1.29, 1.82) is 0 Å². The maximum Gasteiger partial charge on any atom is 0.309 e. The lowest BCUT2D eigenvalue weighted by molar-refractivity contribution is -0.199. The van der Waals surface area contributed by atoms with Gasteiger partial charge in [0.05, 0.1) is 11.3 Å². The zero-order valence-corrected chi connectivity index (χ0v) is 16.6. The maximum absolute atomic E-state index is 13.0. The Morgan fingerprint density at radius 2 is 1.54 bits per heavy atom. The summed E-state index contributed by atoms with van der Waals surface area (Å²) in [5.41, 5.74) is 5.23. The molecule has 1 heterocycles.